The molecule has 1 aliphatic rings. The molecular formula is C23H25N3O3. The number of benzene rings is 2. The smallest absolute Gasteiger partial charge is 0.361 e. The van der Waals surface area contributed by atoms with E-state index in [1.807, 2.05) is 18.2 Å². The van der Waals surface area contributed by atoms with Crippen LogP contribution in [0.5, 0.6) is 0 Å². The molecule has 0 aliphatic carbocycles. The molecule has 29 heavy (non-hydrogen) atoms. The average molecular weight is 391 g/mol. The van der Waals surface area contributed by atoms with E-state index in [-0.39, 0.29) is 23.6 Å². The van der Waals surface area contributed by atoms with Crippen molar-refractivity contribution in [2.24, 2.45) is 10.2 Å². The number of Topliss-reactive ketones (excluding diaryl/α,β-unsaturated/α-hetero) is 1. The number of ether oxygens (including phenoxy) is 1. The van der Waals surface area contributed by atoms with E-state index in [1.54, 1.807) is 31.2 Å². The van der Waals surface area contributed by atoms with Crippen LogP contribution in [-0.4, -0.2) is 23.9 Å². The van der Waals surface area contributed by atoms with Crippen molar-refractivity contribution in [3.05, 3.63) is 70.9 Å². The quantitative estimate of drug-likeness (QED) is 0.343. The van der Waals surface area contributed by atoms with E-state index in [0.29, 0.717) is 16.9 Å². The zero-order chi connectivity index (χ0) is 21.0. The molecule has 150 valence electrons. The van der Waals surface area contributed by atoms with Gasteiger partial charge in [-0.15, -0.1) is 5.11 Å². The predicted molar refractivity (Wildman–Crippen MR) is 112 cm³/mol. The first-order chi connectivity index (χ1) is 13.8. The van der Waals surface area contributed by atoms with Gasteiger partial charge in [0, 0.05) is 16.7 Å². The summed E-state index contributed by atoms with van der Waals surface area (Å²) in [6.45, 7) is 7.65. The van der Waals surface area contributed by atoms with Crippen LogP contribution >= 0.6 is 0 Å². The van der Waals surface area contributed by atoms with Gasteiger partial charge >= 0.3 is 5.97 Å². The second kappa shape index (κ2) is 8.39. The van der Waals surface area contributed by atoms with Crippen molar-refractivity contribution in [1.82, 2.24) is 5.32 Å². The fourth-order valence-electron chi connectivity index (χ4n) is 3.29. The van der Waals surface area contributed by atoms with Crippen LogP contribution < -0.4 is 5.32 Å². The SMILES string of the molecule is CCOC(=O)C(/N=N/c1ccc(C(C)=O)cc1)=C1/NC(C)(C)Cc2ccccc21. The fraction of sp³-hybridized carbons (Fsp3) is 0.304. The topological polar surface area (TPSA) is 80.1 Å². The molecule has 1 aliphatic heterocycles. The lowest BCUT2D eigenvalue weighted by atomic mass is 9.85. The first-order valence-electron chi connectivity index (χ1n) is 9.61. The van der Waals surface area contributed by atoms with Crippen LogP contribution in [0.3, 0.4) is 0 Å². The van der Waals surface area contributed by atoms with Gasteiger partial charge in [0.1, 0.15) is 0 Å². The van der Waals surface area contributed by atoms with E-state index in [1.165, 1.54) is 6.92 Å². The summed E-state index contributed by atoms with van der Waals surface area (Å²) in [5.74, 6) is -0.556. The second-order valence-electron chi connectivity index (χ2n) is 7.59. The monoisotopic (exact) mass is 391 g/mol. The fourth-order valence-corrected chi connectivity index (χ4v) is 3.29. The minimum absolute atomic E-state index is 0.0203. The Labute approximate surface area is 170 Å². The summed E-state index contributed by atoms with van der Waals surface area (Å²) in [4.78, 5) is 24.1. The number of fused-ring (bicyclic) bond motifs is 1. The Hall–Kier alpha value is -3.28. The van der Waals surface area contributed by atoms with Crippen LogP contribution in [0.4, 0.5) is 5.69 Å². The summed E-state index contributed by atoms with van der Waals surface area (Å²) >= 11 is 0. The van der Waals surface area contributed by atoms with E-state index in [4.69, 9.17) is 4.74 Å². The number of rotatable bonds is 5. The Morgan fingerprint density at radius 3 is 2.45 bits per heavy atom. The number of carbonyl (C=O) groups is 2. The summed E-state index contributed by atoms with van der Waals surface area (Å²) < 4.78 is 5.24. The van der Waals surface area contributed by atoms with Crippen LogP contribution in [0.1, 0.15) is 49.2 Å². The molecule has 3 rings (SSSR count). The largest absolute Gasteiger partial charge is 0.461 e. The highest BCUT2D eigenvalue weighted by Crippen LogP contribution is 2.32. The van der Waals surface area contributed by atoms with Crippen molar-refractivity contribution in [2.45, 2.75) is 39.7 Å². The van der Waals surface area contributed by atoms with Gasteiger partial charge in [0.15, 0.2) is 11.5 Å². The van der Waals surface area contributed by atoms with Gasteiger partial charge in [-0.05, 0) is 63.9 Å². The normalized spacial score (nSPS) is 16.7. The van der Waals surface area contributed by atoms with Gasteiger partial charge in [0.2, 0.25) is 0 Å². The van der Waals surface area contributed by atoms with E-state index < -0.39 is 5.97 Å². The highest BCUT2D eigenvalue weighted by molar-refractivity contribution is 5.97. The van der Waals surface area contributed by atoms with Crippen LogP contribution in [0.25, 0.3) is 5.70 Å². The molecule has 0 fully saturated rings. The van der Waals surface area contributed by atoms with Gasteiger partial charge < -0.3 is 10.1 Å². The highest BCUT2D eigenvalue weighted by Gasteiger charge is 2.31. The molecule has 6 nitrogen and oxygen atoms in total. The molecule has 6 heteroatoms. The lowest BCUT2D eigenvalue weighted by Crippen LogP contribution is -2.44. The third-order valence-corrected chi connectivity index (χ3v) is 4.63. The molecule has 2 aromatic rings. The van der Waals surface area contributed by atoms with Gasteiger partial charge in [-0.25, -0.2) is 4.79 Å². The molecule has 0 unspecified atom stereocenters. The second-order valence-corrected chi connectivity index (χ2v) is 7.59. The molecule has 0 amide bonds. The summed E-state index contributed by atoms with van der Waals surface area (Å²) in [6.07, 6.45) is 0.826. The highest BCUT2D eigenvalue weighted by atomic mass is 16.5. The first kappa shape index (κ1) is 20.5. The number of esters is 1. The number of azo groups is 1. The molecule has 0 saturated carbocycles. The first-order valence-corrected chi connectivity index (χ1v) is 9.61. The van der Waals surface area contributed by atoms with Crippen molar-refractivity contribution < 1.29 is 14.3 Å². The standard InChI is InChI=1S/C23H25N3O3/c1-5-29-22(28)21(26-25-18-12-10-16(11-13-18)15(2)27)20-19-9-7-6-8-17(19)14-23(3,4)24-20/h6-13,24H,5,14H2,1-4H3/b21-20-,26-25+. The number of nitrogens with zero attached hydrogens (tertiary/aromatic N) is 2. The maximum absolute atomic E-state index is 12.7. The van der Waals surface area contributed by atoms with Crippen molar-refractivity contribution in [2.75, 3.05) is 6.61 Å². The summed E-state index contributed by atoms with van der Waals surface area (Å²) in [5.41, 5.74) is 3.68. The van der Waals surface area contributed by atoms with Crippen molar-refractivity contribution in [3.63, 3.8) is 0 Å². The predicted octanol–water partition coefficient (Wildman–Crippen LogP) is 4.83. The average Bonchev–Trinajstić information content (AvgIpc) is 2.67. The van der Waals surface area contributed by atoms with Gasteiger partial charge in [-0.1, -0.05) is 24.3 Å². The molecule has 0 aromatic heterocycles. The number of carbonyl (C=O) groups excluding carboxylic acids is 2. The zero-order valence-electron chi connectivity index (χ0n) is 17.2. The van der Waals surface area contributed by atoms with Crippen LogP contribution in [0.15, 0.2) is 64.5 Å². The summed E-state index contributed by atoms with van der Waals surface area (Å²) in [7, 11) is 0. The van der Waals surface area contributed by atoms with E-state index in [0.717, 1.165) is 17.5 Å². The Kier molecular flexibility index (Phi) is 5.92. The maximum atomic E-state index is 12.7. The van der Waals surface area contributed by atoms with Crippen LogP contribution in [0.2, 0.25) is 0 Å². The number of hydrogen-bond donors (Lipinski definition) is 1. The summed E-state index contributed by atoms with van der Waals surface area (Å²) in [5, 5.41) is 11.9. The molecule has 0 radical (unpaired) electrons. The Balaban J connectivity index is 2.07. The van der Waals surface area contributed by atoms with Crippen LogP contribution in [-0.2, 0) is 16.0 Å². The van der Waals surface area contributed by atoms with Gasteiger partial charge in [0.05, 0.1) is 18.0 Å². The molecule has 2 aromatic carbocycles. The van der Waals surface area contributed by atoms with Crippen LogP contribution in [0, 0.1) is 0 Å². The van der Waals surface area contributed by atoms with E-state index in [9.17, 15) is 9.59 Å². The Morgan fingerprint density at radius 1 is 1.10 bits per heavy atom. The maximum Gasteiger partial charge on any atom is 0.361 e. The van der Waals surface area contributed by atoms with Crippen molar-refractivity contribution >= 4 is 23.1 Å². The molecule has 0 bridgehead atoms. The zero-order valence-corrected chi connectivity index (χ0v) is 17.2. The van der Waals surface area contributed by atoms with Gasteiger partial charge in [0.25, 0.3) is 0 Å². The van der Waals surface area contributed by atoms with E-state index in [2.05, 4.69) is 35.5 Å². The number of nitrogens with one attached hydrogen (secondary N) is 1. The van der Waals surface area contributed by atoms with Crippen molar-refractivity contribution in [3.8, 4) is 0 Å². The summed E-state index contributed by atoms with van der Waals surface area (Å²) in [6, 6.07) is 14.7. The Bertz CT molecular complexity index is 989. The lowest BCUT2D eigenvalue weighted by Gasteiger charge is -2.35. The number of ketones is 1. The molecular weight excluding hydrogens is 366 g/mol. The molecule has 0 atom stereocenters. The molecule has 0 saturated heterocycles. The third kappa shape index (κ3) is 4.77. The molecule has 1 heterocycles. The minimum atomic E-state index is -0.536. The van der Waals surface area contributed by atoms with E-state index >= 15 is 0 Å². The number of hydrogen-bond acceptors (Lipinski definition) is 6. The molecule has 0 spiro atoms. The van der Waals surface area contributed by atoms with Crippen molar-refractivity contribution in [1.29, 1.82) is 0 Å². The molecule has 1 N–H and O–H groups in total. The Morgan fingerprint density at radius 2 is 1.79 bits per heavy atom. The minimum Gasteiger partial charge on any atom is -0.461 e. The van der Waals surface area contributed by atoms with Gasteiger partial charge in [-0.3, -0.25) is 4.79 Å². The van der Waals surface area contributed by atoms with Gasteiger partial charge in [-0.2, -0.15) is 5.11 Å². The third-order valence-electron chi connectivity index (χ3n) is 4.63. The lowest BCUT2D eigenvalue weighted by molar-refractivity contribution is -0.138.